The van der Waals surface area contributed by atoms with Crippen LogP contribution in [0.4, 0.5) is 28.8 Å². The minimum Gasteiger partial charge on any atom is -0.372 e. The molecule has 0 saturated carbocycles. The van der Waals surface area contributed by atoms with Gasteiger partial charge in [-0.2, -0.15) is 10.2 Å². The molecule has 6 nitrogen and oxygen atoms in total. The molecule has 142 valence electrons. The topological polar surface area (TPSA) is 76.9 Å². The molecule has 2 aromatic carbocycles. The number of anilines is 5. The number of aromatic nitrogens is 2. The predicted molar refractivity (Wildman–Crippen MR) is 114 cm³/mol. The van der Waals surface area contributed by atoms with Gasteiger partial charge in [-0.15, -0.1) is 0 Å². The summed E-state index contributed by atoms with van der Waals surface area (Å²) in [5.74, 6) is 1.19. The molecular weight excluding hydrogens is 348 g/mol. The highest BCUT2D eigenvalue weighted by molar-refractivity contribution is 5.63. The van der Waals surface area contributed by atoms with Gasteiger partial charge in [0.2, 0.25) is 5.95 Å². The first kappa shape index (κ1) is 19.2. The normalized spacial score (nSPS) is 10.2. The molecule has 0 amide bonds. The number of rotatable bonds is 7. The van der Waals surface area contributed by atoms with Crippen LogP contribution in [0.25, 0.3) is 0 Å². The lowest BCUT2D eigenvalue weighted by molar-refractivity contribution is 0.866. The SMILES string of the molecule is CCN(CC)c1ccc(Nc2cc(C)nc(Nc3cccc(C#N)c3)n2)cc1. The second-order valence-electron chi connectivity index (χ2n) is 6.38. The minimum absolute atomic E-state index is 0.484. The van der Waals surface area contributed by atoms with Crippen LogP contribution in [0.2, 0.25) is 0 Å². The summed E-state index contributed by atoms with van der Waals surface area (Å²) in [6.07, 6.45) is 0. The zero-order valence-corrected chi connectivity index (χ0v) is 16.4. The number of nitriles is 1. The van der Waals surface area contributed by atoms with E-state index in [2.05, 4.69) is 69.7 Å². The Morgan fingerprint density at radius 2 is 1.68 bits per heavy atom. The average molecular weight is 372 g/mol. The molecule has 0 aliphatic rings. The van der Waals surface area contributed by atoms with Crippen molar-refractivity contribution in [2.75, 3.05) is 28.6 Å². The fourth-order valence-electron chi connectivity index (χ4n) is 2.98. The monoisotopic (exact) mass is 372 g/mol. The van der Waals surface area contributed by atoms with Crippen LogP contribution in [-0.2, 0) is 0 Å². The van der Waals surface area contributed by atoms with Crippen molar-refractivity contribution in [1.29, 1.82) is 5.26 Å². The zero-order chi connectivity index (χ0) is 19.9. The van der Waals surface area contributed by atoms with Gasteiger partial charge < -0.3 is 15.5 Å². The largest absolute Gasteiger partial charge is 0.372 e. The second kappa shape index (κ2) is 8.87. The van der Waals surface area contributed by atoms with Gasteiger partial charge in [-0.25, -0.2) is 4.98 Å². The number of hydrogen-bond donors (Lipinski definition) is 2. The third kappa shape index (κ3) is 4.77. The highest BCUT2D eigenvalue weighted by Crippen LogP contribution is 2.22. The number of nitrogens with one attached hydrogen (secondary N) is 2. The van der Waals surface area contributed by atoms with Crippen molar-refractivity contribution in [2.45, 2.75) is 20.8 Å². The van der Waals surface area contributed by atoms with Crippen molar-refractivity contribution in [3.63, 3.8) is 0 Å². The lowest BCUT2D eigenvalue weighted by Gasteiger charge is -2.21. The maximum Gasteiger partial charge on any atom is 0.229 e. The van der Waals surface area contributed by atoms with E-state index >= 15 is 0 Å². The molecule has 1 aromatic heterocycles. The molecule has 0 unspecified atom stereocenters. The Morgan fingerprint density at radius 3 is 2.36 bits per heavy atom. The lowest BCUT2D eigenvalue weighted by atomic mass is 10.2. The van der Waals surface area contributed by atoms with E-state index in [4.69, 9.17) is 5.26 Å². The minimum atomic E-state index is 0.484. The molecule has 0 fully saturated rings. The summed E-state index contributed by atoms with van der Waals surface area (Å²) in [5.41, 5.74) is 4.38. The molecule has 3 rings (SSSR count). The molecule has 0 saturated heterocycles. The van der Waals surface area contributed by atoms with Crippen molar-refractivity contribution < 1.29 is 0 Å². The summed E-state index contributed by atoms with van der Waals surface area (Å²) in [6.45, 7) is 8.19. The van der Waals surface area contributed by atoms with E-state index in [9.17, 15) is 0 Å². The van der Waals surface area contributed by atoms with Crippen LogP contribution in [0.15, 0.2) is 54.6 Å². The van der Waals surface area contributed by atoms with Crippen LogP contribution in [-0.4, -0.2) is 23.1 Å². The first-order valence-electron chi connectivity index (χ1n) is 9.36. The Bertz CT molecular complexity index is 971. The van der Waals surface area contributed by atoms with Gasteiger partial charge in [-0.1, -0.05) is 6.07 Å². The molecule has 0 spiro atoms. The first-order valence-corrected chi connectivity index (χ1v) is 9.36. The van der Waals surface area contributed by atoms with Crippen LogP contribution in [0.5, 0.6) is 0 Å². The number of benzene rings is 2. The summed E-state index contributed by atoms with van der Waals surface area (Å²) < 4.78 is 0. The highest BCUT2D eigenvalue weighted by Gasteiger charge is 2.06. The molecule has 0 atom stereocenters. The smallest absolute Gasteiger partial charge is 0.229 e. The van der Waals surface area contributed by atoms with Gasteiger partial charge in [0.05, 0.1) is 11.6 Å². The van der Waals surface area contributed by atoms with Crippen molar-refractivity contribution in [2.24, 2.45) is 0 Å². The van der Waals surface area contributed by atoms with Crippen molar-refractivity contribution in [1.82, 2.24) is 9.97 Å². The molecule has 2 N–H and O–H groups in total. The van der Waals surface area contributed by atoms with E-state index in [0.29, 0.717) is 17.3 Å². The Labute approximate surface area is 165 Å². The van der Waals surface area contributed by atoms with Crippen molar-refractivity contribution in [3.8, 4) is 6.07 Å². The summed E-state index contributed by atoms with van der Waals surface area (Å²) in [5, 5.41) is 15.5. The zero-order valence-electron chi connectivity index (χ0n) is 16.4. The van der Waals surface area contributed by atoms with E-state index in [1.54, 1.807) is 12.1 Å². The molecule has 6 heteroatoms. The van der Waals surface area contributed by atoms with Gasteiger partial charge in [0, 0.05) is 41.9 Å². The van der Waals surface area contributed by atoms with Crippen LogP contribution < -0.4 is 15.5 Å². The Hall–Kier alpha value is -3.59. The van der Waals surface area contributed by atoms with Gasteiger partial charge in [-0.05, 0) is 63.2 Å². The fourth-order valence-corrected chi connectivity index (χ4v) is 2.98. The van der Waals surface area contributed by atoms with Crippen LogP contribution >= 0.6 is 0 Å². The summed E-state index contributed by atoms with van der Waals surface area (Å²) in [4.78, 5) is 11.3. The van der Waals surface area contributed by atoms with E-state index < -0.39 is 0 Å². The summed E-state index contributed by atoms with van der Waals surface area (Å²) >= 11 is 0. The molecule has 3 aromatic rings. The Morgan fingerprint density at radius 1 is 0.929 bits per heavy atom. The number of aryl methyl sites for hydroxylation is 1. The van der Waals surface area contributed by atoms with Crippen LogP contribution in [0.3, 0.4) is 0 Å². The third-order valence-corrected chi connectivity index (χ3v) is 4.37. The number of nitrogens with zero attached hydrogens (tertiary/aromatic N) is 4. The van der Waals surface area contributed by atoms with Gasteiger partial charge in [-0.3, -0.25) is 0 Å². The summed E-state index contributed by atoms with van der Waals surface area (Å²) in [7, 11) is 0. The van der Waals surface area contributed by atoms with Gasteiger partial charge in [0.15, 0.2) is 0 Å². The molecular formula is C22H24N6. The van der Waals surface area contributed by atoms with Gasteiger partial charge >= 0.3 is 0 Å². The third-order valence-electron chi connectivity index (χ3n) is 4.37. The Balaban J connectivity index is 1.77. The standard InChI is InChI=1S/C22H24N6/c1-4-28(5-2)20-11-9-18(10-12-20)25-21-13-16(3)24-22(27-21)26-19-8-6-7-17(14-19)15-23/h6-14H,4-5H2,1-3H3,(H2,24,25,26,27). The highest BCUT2D eigenvalue weighted by atomic mass is 15.1. The van der Waals surface area contributed by atoms with E-state index in [-0.39, 0.29) is 0 Å². The van der Waals surface area contributed by atoms with Crippen molar-refractivity contribution in [3.05, 3.63) is 65.9 Å². The number of hydrogen-bond acceptors (Lipinski definition) is 6. The van der Waals surface area contributed by atoms with Gasteiger partial charge in [0.1, 0.15) is 5.82 Å². The molecule has 1 heterocycles. The second-order valence-corrected chi connectivity index (χ2v) is 6.38. The molecule has 0 aliphatic heterocycles. The van der Waals surface area contributed by atoms with E-state index in [1.165, 1.54) is 5.69 Å². The fraction of sp³-hybridized carbons (Fsp3) is 0.227. The van der Waals surface area contributed by atoms with Crippen LogP contribution in [0, 0.1) is 18.3 Å². The quantitative estimate of drug-likeness (QED) is 0.608. The van der Waals surface area contributed by atoms with Crippen molar-refractivity contribution >= 4 is 28.8 Å². The molecule has 0 radical (unpaired) electrons. The molecule has 0 aliphatic carbocycles. The first-order chi connectivity index (χ1) is 13.6. The average Bonchev–Trinajstić information content (AvgIpc) is 2.70. The van der Waals surface area contributed by atoms with E-state index in [1.807, 2.05) is 25.1 Å². The molecule has 28 heavy (non-hydrogen) atoms. The maximum atomic E-state index is 9.04. The van der Waals surface area contributed by atoms with Crippen LogP contribution in [0.1, 0.15) is 25.1 Å². The molecule has 0 bridgehead atoms. The lowest BCUT2D eigenvalue weighted by Crippen LogP contribution is -2.21. The summed E-state index contributed by atoms with van der Waals surface area (Å²) in [6, 6.07) is 19.6. The maximum absolute atomic E-state index is 9.04. The Kier molecular flexibility index (Phi) is 6.07. The van der Waals surface area contributed by atoms with E-state index in [0.717, 1.165) is 30.2 Å². The van der Waals surface area contributed by atoms with Gasteiger partial charge in [0.25, 0.3) is 0 Å². The predicted octanol–water partition coefficient (Wildman–Crippen LogP) is 4.99.